The Kier molecular flexibility index (Phi) is 7.50. The second-order valence-corrected chi connectivity index (χ2v) is 9.29. The molecule has 172 valence electrons. The maximum absolute atomic E-state index is 12.3. The summed E-state index contributed by atoms with van der Waals surface area (Å²) in [6.07, 6.45) is 2.77. The van der Waals surface area contributed by atoms with Crippen LogP contribution in [0, 0.1) is 13.8 Å². The van der Waals surface area contributed by atoms with Gasteiger partial charge in [0.25, 0.3) is 0 Å². The maximum atomic E-state index is 12.3. The van der Waals surface area contributed by atoms with Crippen LogP contribution >= 0.6 is 11.8 Å². The summed E-state index contributed by atoms with van der Waals surface area (Å²) in [7, 11) is 0. The normalized spacial score (nSPS) is 13.8. The van der Waals surface area contributed by atoms with Gasteiger partial charge in [0.05, 0.1) is 5.75 Å². The van der Waals surface area contributed by atoms with Gasteiger partial charge in [0, 0.05) is 43.8 Å². The van der Waals surface area contributed by atoms with Crippen LogP contribution in [0.4, 0.5) is 17.2 Å². The number of aryl methyl sites for hydroxylation is 3. The lowest BCUT2D eigenvalue weighted by Gasteiger charge is -2.37. The molecule has 1 aliphatic heterocycles. The number of hydrogen-bond donors (Lipinski definition) is 1. The number of nitrogens with zero attached hydrogens (tertiary/aromatic N) is 4. The lowest BCUT2D eigenvalue weighted by atomic mass is 10.1. The second-order valence-electron chi connectivity index (χ2n) is 8.35. The molecule has 0 radical (unpaired) electrons. The minimum atomic E-state index is -0.0552. The third-order valence-corrected chi connectivity index (χ3v) is 6.77. The number of nitrogens with one attached hydrogen (secondary N) is 1. The average molecular weight is 462 g/mol. The molecule has 0 spiro atoms. The Balaban J connectivity index is 1.30. The molecule has 1 fully saturated rings. The molecule has 0 unspecified atom stereocenters. The van der Waals surface area contributed by atoms with E-state index in [4.69, 9.17) is 4.98 Å². The van der Waals surface area contributed by atoms with Gasteiger partial charge in [0.1, 0.15) is 5.82 Å². The van der Waals surface area contributed by atoms with Crippen LogP contribution in [0.5, 0.6) is 0 Å². The second kappa shape index (κ2) is 10.7. The molecule has 4 rings (SSSR count). The third kappa shape index (κ3) is 6.05. The van der Waals surface area contributed by atoms with E-state index in [0.29, 0.717) is 5.16 Å². The van der Waals surface area contributed by atoms with E-state index in [0.717, 1.165) is 44.1 Å². The fraction of sp³-hybridized carbons (Fsp3) is 0.346. The molecular formula is C26H31N5OS. The van der Waals surface area contributed by atoms with Crippen LogP contribution in [0.1, 0.15) is 23.6 Å². The molecule has 33 heavy (non-hydrogen) atoms. The van der Waals surface area contributed by atoms with Crippen molar-refractivity contribution in [1.29, 1.82) is 0 Å². The number of amides is 1. The Labute approximate surface area is 200 Å². The van der Waals surface area contributed by atoms with E-state index in [9.17, 15) is 4.79 Å². The van der Waals surface area contributed by atoms with Gasteiger partial charge < -0.3 is 15.1 Å². The summed E-state index contributed by atoms with van der Waals surface area (Å²) in [5.74, 6) is 1.14. The van der Waals surface area contributed by atoms with Crippen LogP contribution < -0.4 is 15.1 Å². The number of thioether (sulfide) groups is 1. The SMILES string of the molecule is CCc1ccc(NC(=O)CSc2nccc(N3CCN(c4cc(C)ccc4C)CC3)n2)cc1. The smallest absolute Gasteiger partial charge is 0.234 e. The van der Waals surface area contributed by atoms with Crippen molar-refractivity contribution in [1.82, 2.24) is 9.97 Å². The number of aromatic nitrogens is 2. The first-order chi connectivity index (χ1) is 16.0. The zero-order valence-corrected chi connectivity index (χ0v) is 20.4. The zero-order valence-electron chi connectivity index (χ0n) is 19.5. The topological polar surface area (TPSA) is 61.4 Å². The molecule has 0 atom stereocenters. The summed E-state index contributed by atoms with van der Waals surface area (Å²) in [5, 5.41) is 3.56. The quantitative estimate of drug-likeness (QED) is 0.406. The lowest BCUT2D eigenvalue weighted by molar-refractivity contribution is -0.113. The lowest BCUT2D eigenvalue weighted by Crippen LogP contribution is -2.47. The van der Waals surface area contributed by atoms with Crippen molar-refractivity contribution in [3.63, 3.8) is 0 Å². The van der Waals surface area contributed by atoms with Crippen molar-refractivity contribution in [2.45, 2.75) is 32.3 Å². The summed E-state index contributed by atoms with van der Waals surface area (Å²) >= 11 is 1.36. The van der Waals surface area contributed by atoms with Crippen molar-refractivity contribution in [2.24, 2.45) is 0 Å². The van der Waals surface area contributed by atoms with Crippen molar-refractivity contribution < 1.29 is 4.79 Å². The first-order valence-electron chi connectivity index (χ1n) is 11.4. The monoisotopic (exact) mass is 461 g/mol. The van der Waals surface area contributed by atoms with E-state index in [1.807, 2.05) is 30.3 Å². The standard InChI is InChI=1S/C26H31N5OS/c1-4-21-7-9-22(10-8-21)28-25(32)18-33-26-27-12-11-24(29-26)31-15-13-30(14-16-31)23-17-19(2)5-6-20(23)3/h5-12,17H,4,13-16,18H2,1-3H3,(H,28,32). The highest BCUT2D eigenvalue weighted by molar-refractivity contribution is 7.99. The number of anilines is 3. The van der Waals surface area contributed by atoms with E-state index in [1.165, 1.54) is 34.1 Å². The third-order valence-electron chi connectivity index (χ3n) is 5.91. The Morgan fingerprint density at radius 2 is 1.73 bits per heavy atom. The Morgan fingerprint density at radius 1 is 1.00 bits per heavy atom. The highest BCUT2D eigenvalue weighted by Gasteiger charge is 2.20. The molecule has 1 saturated heterocycles. The van der Waals surface area contributed by atoms with Gasteiger partial charge >= 0.3 is 0 Å². The number of rotatable bonds is 7. The van der Waals surface area contributed by atoms with Crippen molar-refractivity contribution in [2.75, 3.05) is 47.0 Å². The number of hydrogen-bond acceptors (Lipinski definition) is 6. The predicted molar refractivity (Wildman–Crippen MR) is 138 cm³/mol. The molecule has 0 saturated carbocycles. The van der Waals surface area contributed by atoms with Gasteiger partial charge in [-0.1, -0.05) is 43.0 Å². The fourth-order valence-electron chi connectivity index (χ4n) is 3.97. The Morgan fingerprint density at radius 3 is 2.45 bits per heavy atom. The predicted octanol–water partition coefficient (Wildman–Crippen LogP) is 4.71. The number of carbonyl (C=O) groups is 1. The average Bonchev–Trinajstić information content (AvgIpc) is 2.85. The first-order valence-corrected chi connectivity index (χ1v) is 12.4. The molecule has 1 amide bonds. The molecule has 2 heterocycles. The highest BCUT2D eigenvalue weighted by atomic mass is 32.2. The van der Waals surface area contributed by atoms with Gasteiger partial charge in [-0.3, -0.25) is 4.79 Å². The fourth-order valence-corrected chi connectivity index (χ4v) is 4.59. The minimum Gasteiger partial charge on any atom is -0.368 e. The van der Waals surface area contributed by atoms with Crippen LogP contribution in [-0.4, -0.2) is 47.8 Å². The van der Waals surface area contributed by atoms with Crippen LogP contribution in [0.15, 0.2) is 59.9 Å². The Bertz CT molecular complexity index is 1090. The molecule has 2 aromatic carbocycles. The summed E-state index contributed by atoms with van der Waals surface area (Å²) in [6, 6.07) is 16.5. The molecule has 0 aliphatic carbocycles. The molecular weight excluding hydrogens is 430 g/mol. The van der Waals surface area contributed by atoms with E-state index in [-0.39, 0.29) is 11.7 Å². The summed E-state index contributed by atoms with van der Waals surface area (Å²) in [4.78, 5) is 26.2. The number of benzene rings is 2. The van der Waals surface area contributed by atoms with Gasteiger partial charge in [-0.05, 0) is 61.2 Å². The zero-order chi connectivity index (χ0) is 23.2. The van der Waals surface area contributed by atoms with Crippen molar-refractivity contribution in [3.05, 3.63) is 71.4 Å². The van der Waals surface area contributed by atoms with Gasteiger partial charge in [-0.2, -0.15) is 0 Å². The minimum absolute atomic E-state index is 0.0552. The molecule has 0 bridgehead atoms. The maximum Gasteiger partial charge on any atom is 0.234 e. The van der Waals surface area contributed by atoms with Crippen LogP contribution in [0.2, 0.25) is 0 Å². The first kappa shape index (κ1) is 23.1. The summed E-state index contributed by atoms with van der Waals surface area (Å²) < 4.78 is 0. The highest BCUT2D eigenvalue weighted by Crippen LogP contribution is 2.25. The van der Waals surface area contributed by atoms with E-state index >= 15 is 0 Å². The molecule has 6 nitrogen and oxygen atoms in total. The largest absolute Gasteiger partial charge is 0.368 e. The van der Waals surface area contributed by atoms with E-state index in [2.05, 4.69) is 59.1 Å². The van der Waals surface area contributed by atoms with Crippen molar-refractivity contribution in [3.8, 4) is 0 Å². The van der Waals surface area contributed by atoms with Crippen LogP contribution in [0.25, 0.3) is 0 Å². The number of piperazine rings is 1. The number of carbonyl (C=O) groups excluding carboxylic acids is 1. The molecule has 1 aromatic heterocycles. The van der Waals surface area contributed by atoms with E-state index in [1.54, 1.807) is 6.20 Å². The Hall–Kier alpha value is -3.06. The summed E-state index contributed by atoms with van der Waals surface area (Å²) in [5.41, 5.74) is 5.99. The van der Waals surface area contributed by atoms with E-state index < -0.39 is 0 Å². The summed E-state index contributed by atoms with van der Waals surface area (Å²) in [6.45, 7) is 10.1. The van der Waals surface area contributed by atoms with Gasteiger partial charge in [0.2, 0.25) is 5.91 Å². The van der Waals surface area contributed by atoms with Gasteiger partial charge in [-0.25, -0.2) is 9.97 Å². The van der Waals surface area contributed by atoms with Gasteiger partial charge in [-0.15, -0.1) is 0 Å². The molecule has 1 aliphatic rings. The van der Waals surface area contributed by atoms with Crippen LogP contribution in [0.3, 0.4) is 0 Å². The molecule has 1 N–H and O–H groups in total. The molecule has 3 aromatic rings. The van der Waals surface area contributed by atoms with Crippen LogP contribution in [-0.2, 0) is 11.2 Å². The van der Waals surface area contributed by atoms with Gasteiger partial charge in [0.15, 0.2) is 5.16 Å². The molecule has 7 heteroatoms. The van der Waals surface area contributed by atoms with Crippen molar-refractivity contribution >= 4 is 34.9 Å².